The summed E-state index contributed by atoms with van der Waals surface area (Å²) in [6.07, 6.45) is 1.79. The zero-order chi connectivity index (χ0) is 19.8. The first-order valence-electron chi connectivity index (χ1n) is 9.60. The highest BCUT2D eigenvalue weighted by Crippen LogP contribution is 2.38. The van der Waals surface area contributed by atoms with Crippen LogP contribution in [0.1, 0.15) is 18.4 Å². The monoisotopic (exact) mass is 384 g/mol. The fraction of sp³-hybridized carbons (Fsp3) is 0.409. The van der Waals surface area contributed by atoms with Crippen LogP contribution in [0, 0.1) is 0 Å². The number of benzene rings is 2. The Morgan fingerprint density at radius 1 is 1.00 bits per heavy atom. The van der Waals surface area contributed by atoms with E-state index >= 15 is 0 Å². The minimum atomic E-state index is 0.0506. The number of hydrogen-bond acceptors (Lipinski definition) is 5. The smallest absolute Gasteiger partial charge is 0.234 e. The van der Waals surface area contributed by atoms with Crippen LogP contribution in [-0.2, 0) is 11.3 Å². The van der Waals surface area contributed by atoms with Crippen molar-refractivity contribution in [2.75, 3.05) is 33.9 Å². The molecule has 0 saturated carbocycles. The van der Waals surface area contributed by atoms with Gasteiger partial charge in [-0.3, -0.25) is 9.69 Å². The first-order chi connectivity index (χ1) is 13.7. The van der Waals surface area contributed by atoms with E-state index in [4.69, 9.17) is 14.2 Å². The van der Waals surface area contributed by atoms with E-state index in [2.05, 4.69) is 10.2 Å². The number of carbonyl (C=O) groups is 1. The van der Waals surface area contributed by atoms with Crippen molar-refractivity contribution in [1.29, 1.82) is 0 Å². The van der Waals surface area contributed by atoms with Gasteiger partial charge in [-0.1, -0.05) is 36.4 Å². The average molecular weight is 384 g/mol. The number of carbonyl (C=O) groups excluding carboxylic acids is 1. The molecule has 1 aliphatic heterocycles. The summed E-state index contributed by atoms with van der Waals surface area (Å²) in [6.45, 7) is 2.62. The van der Waals surface area contributed by atoms with Crippen LogP contribution >= 0.6 is 0 Å². The number of nitrogens with one attached hydrogen (secondary N) is 1. The van der Waals surface area contributed by atoms with Gasteiger partial charge in [0.05, 0.1) is 20.8 Å². The summed E-state index contributed by atoms with van der Waals surface area (Å²) in [4.78, 5) is 14.4. The fourth-order valence-corrected chi connectivity index (χ4v) is 3.34. The van der Waals surface area contributed by atoms with Crippen LogP contribution in [0.4, 0.5) is 0 Å². The first-order valence-corrected chi connectivity index (χ1v) is 9.60. The summed E-state index contributed by atoms with van der Waals surface area (Å²) >= 11 is 0. The van der Waals surface area contributed by atoms with Crippen LogP contribution in [0.5, 0.6) is 17.2 Å². The lowest BCUT2D eigenvalue weighted by Crippen LogP contribution is -2.43. The summed E-state index contributed by atoms with van der Waals surface area (Å²) in [5, 5.41) is 2.98. The number of likely N-dealkylation sites (tertiary alicyclic amines) is 1. The van der Waals surface area contributed by atoms with Gasteiger partial charge in [-0.15, -0.1) is 0 Å². The zero-order valence-electron chi connectivity index (χ0n) is 16.5. The predicted molar refractivity (Wildman–Crippen MR) is 108 cm³/mol. The number of amides is 1. The minimum Gasteiger partial charge on any atom is -0.493 e. The van der Waals surface area contributed by atoms with Crippen LogP contribution < -0.4 is 19.5 Å². The Kier molecular flexibility index (Phi) is 7.14. The zero-order valence-corrected chi connectivity index (χ0v) is 16.5. The summed E-state index contributed by atoms with van der Waals surface area (Å²) in [6, 6.07) is 15.5. The van der Waals surface area contributed by atoms with Gasteiger partial charge in [0, 0.05) is 19.6 Å². The molecule has 2 aromatic rings. The van der Waals surface area contributed by atoms with Gasteiger partial charge in [0.15, 0.2) is 11.5 Å². The number of para-hydroxylation sites is 1. The summed E-state index contributed by atoms with van der Waals surface area (Å²) in [5.41, 5.74) is 1.11. The molecular weight excluding hydrogens is 356 g/mol. The predicted octanol–water partition coefficient (Wildman–Crippen LogP) is 2.86. The summed E-state index contributed by atoms with van der Waals surface area (Å²) < 4.78 is 17.0. The van der Waals surface area contributed by atoms with Crippen LogP contribution in [0.25, 0.3) is 0 Å². The Bertz CT molecular complexity index is 736. The van der Waals surface area contributed by atoms with Crippen molar-refractivity contribution in [3.8, 4) is 17.2 Å². The average Bonchev–Trinajstić information content (AvgIpc) is 2.74. The Labute approximate surface area is 166 Å². The molecule has 1 aliphatic rings. The minimum absolute atomic E-state index is 0.0506. The molecule has 150 valence electrons. The maximum absolute atomic E-state index is 12.2. The molecule has 0 radical (unpaired) electrons. The highest BCUT2D eigenvalue weighted by molar-refractivity contribution is 5.78. The quantitative estimate of drug-likeness (QED) is 0.758. The van der Waals surface area contributed by atoms with Crippen molar-refractivity contribution in [1.82, 2.24) is 10.2 Å². The molecule has 0 aliphatic carbocycles. The molecule has 1 heterocycles. The van der Waals surface area contributed by atoms with Crippen molar-refractivity contribution in [2.24, 2.45) is 0 Å². The van der Waals surface area contributed by atoms with Gasteiger partial charge in [0.2, 0.25) is 11.7 Å². The molecule has 6 nitrogen and oxygen atoms in total. The Balaban J connectivity index is 1.45. The van der Waals surface area contributed by atoms with E-state index in [-0.39, 0.29) is 12.0 Å². The molecule has 0 spiro atoms. The molecule has 2 aromatic carbocycles. The van der Waals surface area contributed by atoms with E-state index in [0.29, 0.717) is 30.3 Å². The summed E-state index contributed by atoms with van der Waals surface area (Å²) in [7, 11) is 3.25. The maximum atomic E-state index is 12.2. The Hall–Kier alpha value is -2.73. The van der Waals surface area contributed by atoms with Crippen molar-refractivity contribution < 1.29 is 19.0 Å². The van der Waals surface area contributed by atoms with E-state index in [9.17, 15) is 4.79 Å². The lowest BCUT2D eigenvalue weighted by molar-refractivity contribution is -0.122. The van der Waals surface area contributed by atoms with E-state index in [1.807, 2.05) is 48.5 Å². The molecule has 0 bridgehead atoms. The van der Waals surface area contributed by atoms with Crippen LogP contribution in [0.15, 0.2) is 48.5 Å². The van der Waals surface area contributed by atoms with Gasteiger partial charge in [-0.2, -0.15) is 0 Å². The molecule has 28 heavy (non-hydrogen) atoms. The molecule has 0 unspecified atom stereocenters. The van der Waals surface area contributed by atoms with Crippen molar-refractivity contribution in [2.45, 2.75) is 25.5 Å². The first kappa shape index (κ1) is 20.0. The fourth-order valence-electron chi connectivity index (χ4n) is 3.34. The molecule has 1 N–H and O–H groups in total. The third-order valence-electron chi connectivity index (χ3n) is 4.90. The molecule has 1 saturated heterocycles. The lowest BCUT2D eigenvalue weighted by atomic mass is 10.1. The topological polar surface area (TPSA) is 60.0 Å². The standard InChI is InChI=1S/C22H28N2O4/c1-26-19-9-6-10-20(27-2)22(19)28-18-11-13-24(14-12-18)16-21(25)23-15-17-7-4-3-5-8-17/h3-10,18H,11-16H2,1-2H3,(H,23,25). The van der Waals surface area contributed by atoms with E-state index < -0.39 is 0 Å². The maximum Gasteiger partial charge on any atom is 0.234 e. The molecule has 1 fully saturated rings. The SMILES string of the molecule is COc1cccc(OC)c1OC1CCN(CC(=O)NCc2ccccc2)CC1. The van der Waals surface area contributed by atoms with E-state index in [0.717, 1.165) is 31.5 Å². The molecule has 1 amide bonds. The van der Waals surface area contributed by atoms with Gasteiger partial charge < -0.3 is 19.5 Å². The number of methoxy groups -OCH3 is 2. The molecule has 0 atom stereocenters. The number of nitrogens with zero attached hydrogens (tertiary/aromatic N) is 1. The van der Waals surface area contributed by atoms with Gasteiger partial charge >= 0.3 is 0 Å². The normalized spacial score (nSPS) is 15.1. The Morgan fingerprint density at radius 3 is 2.25 bits per heavy atom. The van der Waals surface area contributed by atoms with Crippen molar-refractivity contribution >= 4 is 5.91 Å². The van der Waals surface area contributed by atoms with Crippen molar-refractivity contribution in [3.63, 3.8) is 0 Å². The molecule has 6 heteroatoms. The van der Waals surface area contributed by atoms with Gasteiger partial charge in [0.1, 0.15) is 6.10 Å². The second-order valence-corrected chi connectivity index (χ2v) is 6.85. The second kappa shape index (κ2) is 9.99. The molecular formula is C22H28N2O4. The Morgan fingerprint density at radius 2 is 1.64 bits per heavy atom. The molecule has 0 aromatic heterocycles. The largest absolute Gasteiger partial charge is 0.493 e. The number of hydrogen-bond donors (Lipinski definition) is 1. The highest BCUT2D eigenvalue weighted by atomic mass is 16.5. The van der Waals surface area contributed by atoms with E-state index in [1.165, 1.54) is 0 Å². The molecule has 3 rings (SSSR count). The van der Waals surface area contributed by atoms with Gasteiger partial charge in [-0.25, -0.2) is 0 Å². The highest BCUT2D eigenvalue weighted by Gasteiger charge is 2.24. The van der Waals surface area contributed by atoms with Crippen LogP contribution in [0.3, 0.4) is 0 Å². The number of rotatable bonds is 8. The van der Waals surface area contributed by atoms with Crippen LogP contribution in [0.2, 0.25) is 0 Å². The third-order valence-corrected chi connectivity index (χ3v) is 4.90. The van der Waals surface area contributed by atoms with Gasteiger partial charge in [0.25, 0.3) is 0 Å². The number of piperidine rings is 1. The van der Waals surface area contributed by atoms with Crippen molar-refractivity contribution in [3.05, 3.63) is 54.1 Å². The van der Waals surface area contributed by atoms with Gasteiger partial charge in [-0.05, 0) is 30.5 Å². The van der Waals surface area contributed by atoms with E-state index in [1.54, 1.807) is 14.2 Å². The number of ether oxygens (including phenoxy) is 3. The third kappa shape index (κ3) is 5.39. The second-order valence-electron chi connectivity index (χ2n) is 6.85. The van der Waals surface area contributed by atoms with Crippen LogP contribution in [-0.4, -0.2) is 50.8 Å². The summed E-state index contributed by atoms with van der Waals surface area (Å²) in [5.74, 6) is 2.03. The lowest BCUT2D eigenvalue weighted by Gasteiger charge is -2.32.